The Hall–Kier alpha value is -3.55. The first-order valence-corrected chi connectivity index (χ1v) is 13.1. The van der Waals surface area contributed by atoms with Gasteiger partial charge in [-0.05, 0) is 57.7 Å². The minimum atomic E-state index is -5.09. The normalized spacial score (nSPS) is 14.8. The van der Waals surface area contributed by atoms with Crippen molar-refractivity contribution in [3.63, 3.8) is 0 Å². The number of carbonyl (C=O) groups excluding carboxylic acids is 2. The molecule has 0 radical (unpaired) electrons. The predicted octanol–water partition coefficient (Wildman–Crippen LogP) is 6.39. The highest BCUT2D eigenvalue weighted by Gasteiger charge is 2.38. The van der Waals surface area contributed by atoms with E-state index >= 15 is 0 Å². The summed E-state index contributed by atoms with van der Waals surface area (Å²) in [7, 11) is 0. The van der Waals surface area contributed by atoms with E-state index in [1.165, 1.54) is 25.5 Å². The molecule has 0 saturated heterocycles. The molecule has 1 saturated carbocycles. The Morgan fingerprint density at radius 1 is 0.975 bits per heavy atom. The molecule has 3 aromatic rings. The molecule has 214 valence electrons. The summed E-state index contributed by atoms with van der Waals surface area (Å²) in [6, 6.07) is -0.335. The number of halogens is 6. The van der Waals surface area contributed by atoms with Crippen LogP contribution in [0.2, 0.25) is 0 Å². The van der Waals surface area contributed by atoms with Crippen LogP contribution in [0.3, 0.4) is 0 Å². The van der Waals surface area contributed by atoms with E-state index in [1.807, 2.05) is 13.8 Å². The maximum atomic E-state index is 13.2. The van der Waals surface area contributed by atoms with Gasteiger partial charge in [-0.3, -0.25) is 19.6 Å². The molecule has 0 bridgehead atoms. The van der Waals surface area contributed by atoms with Crippen LogP contribution in [0.5, 0.6) is 0 Å². The van der Waals surface area contributed by atoms with Crippen LogP contribution in [0.4, 0.5) is 26.3 Å². The molecule has 4 rings (SSSR count). The van der Waals surface area contributed by atoms with Gasteiger partial charge in [-0.15, -0.1) is 11.3 Å². The van der Waals surface area contributed by atoms with E-state index in [9.17, 15) is 35.9 Å². The third kappa shape index (κ3) is 6.77. The number of rotatable bonds is 8. The lowest BCUT2D eigenvalue weighted by molar-refractivity contribution is -0.143. The van der Waals surface area contributed by atoms with E-state index in [2.05, 4.69) is 20.3 Å². The maximum Gasteiger partial charge on any atom is 0.416 e. The molecule has 1 atom stereocenters. The summed E-state index contributed by atoms with van der Waals surface area (Å²) in [6.07, 6.45) is -3.92. The number of thiazole rings is 1. The van der Waals surface area contributed by atoms with Crippen molar-refractivity contribution in [3.8, 4) is 10.7 Å². The zero-order valence-corrected chi connectivity index (χ0v) is 22.4. The molecule has 1 fully saturated rings. The highest BCUT2D eigenvalue weighted by molar-refractivity contribution is 7.16. The Bertz CT molecular complexity index is 1370. The van der Waals surface area contributed by atoms with Crippen molar-refractivity contribution >= 4 is 23.2 Å². The molecule has 2 amide bonds. The van der Waals surface area contributed by atoms with Crippen LogP contribution in [-0.4, -0.2) is 44.3 Å². The van der Waals surface area contributed by atoms with Crippen LogP contribution in [0.1, 0.15) is 76.5 Å². The molecule has 7 nitrogen and oxygen atoms in total. The van der Waals surface area contributed by atoms with Crippen molar-refractivity contribution in [2.45, 2.75) is 58.0 Å². The van der Waals surface area contributed by atoms with Gasteiger partial charge in [0.2, 0.25) is 0 Å². The third-order valence-electron chi connectivity index (χ3n) is 6.29. The van der Waals surface area contributed by atoms with Gasteiger partial charge >= 0.3 is 12.4 Å². The minimum absolute atomic E-state index is 0.0188. The Kier molecular flexibility index (Phi) is 8.20. The van der Waals surface area contributed by atoms with Gasteiger partial charge in [0.25, 0.3) is 11.8 Å². The van der Waals surface area contributed by atoms with E-state index in [1.54, 1.807) is 4.90 Å². The van der Waals surface area contributed by atoms with Crippen LogP contribution in [-0.2, 0) is 12.4 Å². The van der Waals surface area contributed by atoms with Crippen LogP contribution < -0.4 is 5.32 Å². The van der Waals surface area contributed by atoms with E-state index in [0.717, 1.165) is 24.2 Å². The molecule has 2 heterocycles. The number of nitrogens with zero attached hydrogens (tertiary/aromatic N) is 4. The van der Waals surface area contributed by atoms with Gasteiger partial charge in [-0.25, -0.2) is 4.98 Å². The fraction of sp³-hybridized carbons (Fsp3) is 0.423. The summed E-state index contributed by atoms with van der Waals surface area (Å²) < 4.78 is 79.4. The lowest BCUT2D eigenvalue weighted by Gasteiger charge is -2.26. The number of carbonyl (C=O) groups is 2. The van der Waals surface area contributed by atoms with E-state index in [-0.39, 0.29) is 29.4 Å². The van der Waals surface area contributed by atoms with Crippen molar-refractivity contribution < 1.29 is 35.9 Å². The highest BCUT2D eigenvalue weighted by Crippen LogP contribution is 2.37. The monoisotopic (exact) mass is 585 g/mol. The van der Waals surface area contributed by atoms with Gasteiger partial charge in [0, 0.05) is 30.5 Å². The fourth-order valence-electron chi connectivity index (χ4n) is 4.00. The van der Waals surface area contributed by atoms with Crippen LogP contribution >= 0.6 is 11.3 Å². The van der Waals surface area contributed by atoms with Crippen molar-refractivity contribution in [2.24, 2.45) is 5.92 Å². The molecule has 1 aromatic carbocycles. The first-order chi connectivity index (χ1) is 18.6. The molecule has 0 aliphatic heterocycles. The lowest BCUT2D eigenvalue weighted by atomic mass is 10.0. The van der Waals surface area contributed by atoms with Crippen molar-refractivity contribution in [3.05, 3.63) is 64.1 Å². The summed E-state index contributed by atoms with van der Waals surface area (Å²) in [5.74, 6) is -0.857. The Morgan fingerprint density at radius 3 is 2.12 bits per heavy atom. The second-order valence-corrected chi connectivity index (χ2v) is 10.8. The molecule has 1 aliphatic carbocycles. The second-order valence-electron chi connectivity index (χ2n) is 9.80. The van der Waals surface area contributed by atoms with Gasteiger partial charge in [-0.1, -0.05) is 0 Å². The number of alkyl halides is 6. The third-order valence-corrected chi connectivity index (χ3v) is 7.28. The Balaban J connectivity index is 1.58. The maximum absolute atomic E-state index is 13.2. The number of benzene rings is 1. The molecular formula is C26H25F6N5O2S. The zero-order valence-electron chi connectivity index (χ0n) is 21.6. The van der Waals surface area contributed by atoms with Gasteiger partial charge in [0.05, 0.1) is 29.1 Å². The van der Waals surface area contributed by atoms with Gasteiger partial charge in [0.1, 0.15) is 15.6 Å². The zero-order chi connectivity index (χ0) is 29.4. The number of amides is 2. The largest absolute Gasteiger partial charge is 0.416 e. The minimum Gasteiger partial charge on any atom is -0.344 e. The van der Waals surface area contributed by atoms with E-state index in [0.29, 0.717) is 34.5 Å². The highest BCUT2D eigenvalue weighted by atomic mass is 32.1. The molecule has 14 heteroatoms. The van der Waals surface area contributed by atoms with E-state index in [4.69, 9.17) is 0 Å². The lowest BCUT2D eigenvalue weighted by Crippen LogP contribution is -2.38. The Morgan fingerprint density at radius 2 is 1.57 bits per heavy atom. The molecule has 0 spiro atoms. The van der Waals surface area contributed by atoms with E-state index < -0.39 is 41.0 Å². The number of aromatic nitrogens is 3. The number of nitrogens with one attached hydrogen (secondary N) is 1. The van der Waals surface area contributed by atoms with Gasteiger partial charge < -0.3 is 10.2 Å². The van der Waals surface area contributed by atoms with Gasteiger partial charge in [0.15, 0.2) is 0 Å². The van der Waals surface area contributed by atoms with Crippen molar-refractivity contribution in [2.75, 3.05) is 6.54 Å². The summed E-state index contributed by atoms with van der Waals surface area (Å²) in [5.41, 5.74) is -3.62. The first-order valence-electron chi connectivity index (χ1n) is 12.3. The summed E-state index contributed by atoms with van der Waals surface area (Å²) in [5, 5.41) is 2.72. The summed E-state index contributed by atoms with van der Waals surface area (Å²) in [4.78, 5) is 40.9. The molecular weight excluding hydrogens is 560 g/mol. The standard InChI is InChI=1S/C26H25F6N5O2S/c1-13(2)37(12-15-4-5-15)24(39)19-11-35-23(40-19)21-20(33-6-7-34-21)14(3)36-22(38)16-8-17(25(27,28)29)10-18(9-16)26(30,31)32/h6-11,13-15H,4-5,12H2,1-3H3,(H,36,38). The average Bonchev–Trinajstić information content (AvgIpc) is 3.57. The van der Waals surface area contributed by atoms with Crippen LogP contribution in [0, 0.1) is 5.92 Å². The predicted molar refractivity (Wildman–Crippen MR) is 134 cm³/mol. The van der Waals surface area contributed by atoms with Crippen molar-refractivity contribution in [1.29, 1.82) is 0 Å². The number of hydrogen-bond donors (Lipinski definition) is 1. The SMILES string of the molecule is CC(NC(=O)c1cc(C(F)(F)F)cc(C(F)(F)F)c1)c1nccnc1-c1ncc(C(=O)N(CC2CC2)C(C)C)s1. The smallest absolute Gasteiger partial charge is 0.344 e. The molecule has 1 aliphatic rings. The van der Waals surface area contributed by atoms with Crippen LogP contribution in [0.15, 0.2) is 36.8 Å². The molecule has 40 heavy (non-hydrogen) atoms. The number of hydrogen-bond acceptors (Lipinski definition) is 6. The Labute approximate surface area is 229 Å². The molecule has 1 unspecified atom stereocenters. The summed E-state index contributed by atoms with van der Waals surface area (Å²) in [6.45, 7) is 5.96. The quantitative estimate of drug-likeness (QED) is 0.310. The molecule has 2 aromatic heterocycles. The van der Waals surface area contributed by atoms with Crippen LogP contribution in [0.25, 0.3) is 10.7 Å². The fourth-order valence-corrected chi connectivity index (χ4v) is 4.87. The topological polar surface area (TPSA) is 88.1 Å². The molecule has 1 N–H and O–H groups in total. The first kappa shape index (κ1) is 29.4. The van der Waals surface area contributed by atoms with Gasteiger partial charge in [-0.2, -0.15) is 26.3 Å². The van der Waals surface area contributed by atoms with Crippen molar-refractivity contribution in [1.82, 2.24) is 25.2 Å². The summed E-state index contributed by atoms with van der Waals surface area (Å²) >= 11 is 1.08. The average molecular weight is 586 g/mol. The second kappa shape index (κ2) is 11.1.